The summed E-state index contributed by atoms with van der Waals surface area (Å²) in [6, 6.07) is 16.3. The molecule has 0 aliphatic carbocycles. The summed E-state index contributed by atoms with van der Waals surface area (Å²) in [5.74, 6) is 1.28. The average molecular weight is 375 g/mol. The molecule has 0 bridgehead atoms. The maximum absolute atomic E-state index is 12.3. The van der Waals surface area contributed by atoms with E-state index in [4.69, 9.17) is 18.7 Å². The molecule has 3 heterocycles. The van der Waals surface area contributed by atoms with Gasteiger partial charge in [0.1, 0.15) is 5.69 Å². The Morgan fingerprint density at radius 2 is 1.89 bits per heavy atom. The Bertz CT molecular complexity index is 1190. The highest BCUT2D eigenvalue weighted by atomic mass is 16.7. The number of para-hydroxylation sites is 1. The van der Waals surface area contributed by atoms with Crippen molar-refractivity contribution in [1.29, 1.82) is 0 Å². The number of aromatic nitrogens is 3. The highest BCUT2D eigenvalue weighted by molar-refractivity contribution is 5.90. The van der Waals surface area contributed by atoms with E-state index in [1.165, 1.54) is 0 Å². The van der Waals surface area contributed by atoms with Crippen molar-refractivity contribution >= 4 is 16.9 Å². The molecule has 0 fully saturated rings. The van der Waals surface area contributed by atoms with E-state index in [-0.39, 0.29) is 25.0 Å². The third kappa shape index (κ3) is 3.01. The van der Waals surface area contributed by atoms with Crippen molar-refractivity contribution in [2.75, 3.05) is 6.79 Å². The first-order chi connectivity index (χ1) is 13.8. The maximum atomic E-state index is 12.3. The number of fused-ring (bicyclic) bond motifs is 2. The van der Waals surface area contributed by atoms with E-state index in [1.807, 2.05) is 30.3 Å². The number of ether oxygens (including phenoxy) is 3. The number of benzene rings is 2. The van der Waals surface area contributed by atoms with Gasteiger partial charge < -0.3 is 18.7 Å². The lowest BCUT2D eigenvalue weighted by Crippen LogP contribution is -2.07. The number of hydrogen-bond donors (Lipinski definition) is 0. The molecular formula is C20H13N3O5. The van der Waals surface area contributed by atoms with Crippen molar-refractivity contribution in [3.63, 3.8) is 0 Å². The predicted octanol–water partition coefficient (Wildman–Crippen LogP) is 3.37. The minimum absolute atomic E-state index is 0.148. The van der Waals surface area contributed by atoms with Crippen LogP contribution in [0, 0.1) is 0 Å². The van der Waals surface area contributed by atoms with Crippen LogP contribution in [0.5, 0.6) is 11.5 Å². The fourth-order valence-corrected chi connectivity index (χ4v) is 2.85. The summed E-state index contributed by atoms with van der Waals surface area (Å²) < 4.78 is 21.0. The number of nitrogens with zero attached hydrogens (tertiary/aromatic N) is 3. The molecule has 8 nitrogen and oxygen atoms in total. The van der Waals surface area contributed by atoms with Crippen LogP contribution >= 0.6 is 0 Å². The first kappa shape index (κ1) is 16.2. The fraction of sp³-hybridized carbons (Fsp3) is 0.100. The Morgan fingerprint density at radius 3 is 2.86 bits per heavy atom. The summed E-state index contributed by atoms with van der Waals surface area (Å²) in [4.78, 5) is 20.8. The predicted molar refractivity (Wildman–Crippen MR) is 96.7 cm³/mol. The van der Waals surface area contributed by atoms with Gasteiger partial charge in [0.25, 0.3) is 5.89 Å². The first-order valence-corrected chi connectivity index (χ1v) is 8.52. The third-order valence-corrected chi connectivity index (χ3v) is 4.23. The van der Waals surface area contributed by atoms with E-state index in [0.717, 1.165) is 10.9 Å². The van der Waals surface area contributed by atoms with Gasteiger partial charge in [-0.05, 0) is 30.3 Å². The van der Waals surface area contributed by atoms with Gasteiger partial charge in [0, 0.05) is 10.9 Å². The zero-order valence-corrected chi connectivity index (χ0v) is 14.5. The quantitative estimate of drug-likeness (QED) is 0.501. The largest absolute Gasteiger partial charge is 0.454 e. The van der Waals surface area contributed by atoms with Crippen molar-refractivity contribution < 1.29 is 23.5 Å². The summed E-state index contributed by atoms with van der Waals surface area (Å²) in [5, 5.41) is 4.86. The van der Waals surface area contributed by atoms with Crippen LogP contribution < -0.4 is 9.47 Å². The molecule has 0 N–H and O–H groups in total. The molecule has 1 aliphatic rings. The average Bonchev–Trinajstić information content (AvgIpc) is 3.40. The maximum Gasteiger partial charge on any atom is 0.357 e. The normalized spacial score (nSPS) is 12.3. The van der Waals surface area contributed by atoms with E-state index in [2.05, 4.69) is 15.1 Å². The standard InChI is InChI=1S/C20H13N3O5/c24-20(15-7-5-12-3-1-2-4-14(12)21-15)25-10-18-22-19(23-28-18)13-6-8-16-17(9-13)27-11-26-16/h1-9H,10-11H2. The van der Waals surface area contributed by atoms with Crippen LogP contribution in [0.2, 0.25) is 0 Å². The third-order valence-electron chi connectivity index (χ3n) is 4.23. The van der Waals surface area contributed by atoms with Crippen molar-refractivity contribution in [2.45, 2.75) is 6.61 Å². The van der Waals surface area contributed by atoms with E-state index < -0.39 is 5.97 Å². The molecule has 2 aromatic carbocycles. The molecule has 0 atom stereocenters. The van der Waals surface area contributed by atoms with Crippen LogP contribution in [0.1, 0.15) is 16.4 Å². The number of pyridine rings is 1. The van der Waals surface area contributed by atoms with E-state index >= 15 is 0 Å². The Kier molecular flexibility index (Phi) is 3.86. The summed E-state index contributed by atoms with van der Waals surface area (Å²) >= 11 is 0. The molecule has 138 valence electrons. The molecule has 28 heavy (non-hydrogen) atoms. The number of esters is 1. The lowest BCUT2D eigenvalue weighted by molar-refractivity contribution is 0.0423. The zero-order chi connectivity index (χ0) is 18.9. The Balaban J connectivity index is 1.28. The number of rotatable bonds is 4. The van der Waals surface area contributed by atoms with E-state index in [9.17, 15) is 4.79 Å². The van der Waals surface area contributed by atoms with Gasteiger partial charge in [-0.2, -0.15) is 4.98 Å². The van der Waals surface area contributed by atoms with Gasteiger partial charge in [-0.1, -0.05) is 29.4 Å². The molecule has 0 radical (unpaired) electrons. The molecule has 1 aliphatic heterocycles. The summed E-state index contributed by atoms with van der Waals surface area (Å²) in [5.41, 5.74) is 1.65. The number of carbonyl (C=O) groups is 1. The first-order valence-electron chi connectivity index (χ1n) is 8.52. The fourth-order valence-electron chi connectivity index (χ4n) is 2.85. The Hall–Kier alpha value is -3.94. The number of hydrogen-bond acceptors (Lipinski definition) is 8. The van der Waals surface area contributed by atoms with Crippen molar-refractivity contribution in [1.82, 2.24) is 15.1 Å². The lowest BCUT2D eigenvalue weighted by Gasteiger charge is -2.03. The molecule has 4 aromatic rings. The van der Waals surface area contributed by atoms with Gasteiger partial charge in [0.2, 0.25) is 12.6 Å². The van der Waals surface area contributed by atoms with Crippen molar-refractivity contribution in [2.24, 2.45) is 0 Å². The van der Waals surface area contributed by atoms with E-state index in [1.54, 1.807) is 24.3 Å². The molecule has 0 spiro atoms. The molecule has 0 unspecified atom stereocenters. The van der Waals surface area contributed by atoms with Crippen LogP contribution in [0.15, 0.2) is 59.1 Å². The minimum atomic E-state index is -0.561. The van der Waals surface area contributed by atoms with E-state index in [0.29, 0.717) is 22.9 Å². The van der Waals surface area contributed by atoms with Crippen LogP contribution in [0.3, 0.4) is 0 Å². The second-order valence-electron chi connectivity index (χ2n) is 6.05. The second-order valence-corrected chi connectivity index (χ2v) is 6.05. The summed E-state index contributed by atoms with van der Waals surface area (Å²) in [7, 11) is 0. The van der Waals surface area contributed by atoms with Gasteiger partial charge in [-0.3, -0.25) is 0 Å². The molecule has 5 rings (SSSR count). The highest BCUT2D eigenvalue weighted by Crippen LogP contribution is 2.35. The lowest BCUT2D eigenvalue weighted by atomic mass is 10.2. The monoisotopic (exact) mass is 375 g/mol. The minimum Gasteiger partial charge on any atom is -0.454 e. The van der Waals surface area contributed by atoms with Gasteiger partial charge in [-0.25, -0.2) is 9.78 Å². The van der Waals surface area contributed by atoms with Gasteiger partial charge in [0.15, 0.2) is 18.1 Å². The van der Waals surface area contributed by atoms with Crippen LogP contribution in [0.4, 0.5) is 0 Å². The molecule has 0 saturated carbocycles. The zero-order valence-electron chi connectivity index (χ0n) is 14.5. The van der Waals surface area contributed by atoms with Crippen molar-refractivity contribution in [3.05, 3.63) is 66.2 Å². The smallest absolute Gasteiger partial charge is 0.357 e. The number of carbonyl (C=O) groups excluding carboxylic acids is 1. The molecule has 0 saturated heterocycles. The highest BCUT2D eigenvalue weighted by Gasteiger charge is 2.17. The molecule has 8 heteroatoms. The molecule has 0 amide bonds. The topological polar surface area (TPSA) is 96.6 Å². The molecular weight excluding hydrogens is 362 g/mol. The van der Waals surface area contributed by atoms with Crippen molar-refractivity contribution in [3.8, 4) is 22.9 Å². The Morgan fingerprint density at radius 1 is 1.00 bits per heavy atom. The SMILES string of the molecule is O=C(OCc1nc(-c2ccc3c(c2)OCO3)no1)c1ccc2ccccc2n1. The van der Waals surface area contributed by atoms with Crippen LogP contribution in [0.25, 0.3) is 22.3 Å². The van der Waals surface area contributed by atoms with Crippen LogP contribution in [-0.4, -0.2) is 27.9 Å². The van der Waals surface area contributed by atoms with Gasteiger partial charge in [-0.15, -0.1) is 0 Å². The molecule has 2 aromatic heterocycles. The summed E-state index contributed by atoms with van der Waals surface area (Å²) in [6.45, 7) is 0.0416. The Labute approximate surface area is 158 Å². The van der Waals surface area contributed by atoms with Crippen LogP contribution in [-0.2, 0) is 11.3 Å². The van der Waals surface area contributed by atoms with Gasteiger partial charge >= 0.3 is 5.97 Å². The second kappa shape index (κ2) is 6.66. The summed E-state index contributed by atoms with van der Waals surface area (Å²) in [6.07, 6.45) is 0. The van der Waals surface area contributed by atoms with Gasteiger partial charge in [0.05, 0.1) is 5.52 Å².